The van der Waals surface area contributed by atoms with Crippen LogP contribution in [0.3, 0.4) is 0 Å². The molecule has 2 aromatic carbocycles. The maximum Gasteiger partial charge on any atom is 0.129 e. The van der Waals surface area contributed by atoms with Gasteiger partial charge in [-0.25, -0.2) is 13.2 Å². The smallest absolute Gasteiger partial charge is 0.129 e. The Balaban J connectivity index is 2.45. The van der Waals surface area contributed by atoms with Crippen molar-refractivity contribution in [1.29, 1.82) is 0 Å². The van der Waals surface area contributed by atoms with Gasteiger partial charge in [0.05, 0.1) is 0 Å². The Morgan fingerprint density at radius 3 is 1.81 bits per heavy atom. The molecular formula is C16H13Cl2F3. The first kappa shape index (κ1) is 16.2. The zero-order valence-electron chi connectivity index (χ0n) is 11.1. The van der Waals surface area contributed by atoms with E-state index in [9.17, 15) is 13.2 Å². The molecule has 0 saturated heterocycles. The van der Waals surface area contributed by atoms with Gasteiger partial charge in [0.15, 0.2) is 0 Å². The molecule has 0 heterocycles. The SMILES string of the molecule is Fc1ccc(C(CCl)(CCl)Cc2c(F)cccc2F)cc1. The third-order valence-electron chi connectivity index (χ3n) is 3.55. The summed E-state index contributed by atoms with van der Waals surface area (Å²) >= 11 is 12.1. The molecule has 0 radical (unpaired) electrons. The molecule has 0 spiro atoms. The Hall–Kier alpha value is -1.19. The molecule has 112 valence electrons. The summed E-state index contributed by atoms with van der Waals surface area (Å²) in [6, 6.07) is 9.32. The molecule has 0 aliphatic rings. The molecule has 0 bridgehead atoms. The van der Waals surface area contributed by atoms with Gasteiger partial charge in [-0.2, -0.15) is 0 Å². The molecule has 0 atom stereocenters. The largest absolute Gasteiger partial charge is 0.207 e. The van der Waals surface area contributed by atoms with Gasteiger partial charge in [-0.15, -0.1) is 23.2 Å². The molecule has 2 aromatic rings. The highest BCUT2D eigenvalue weighted by Gasteiger charge is 2.33. The summed E-state index contributed by atoms with van der Waals surface area (Å²) in [6.07, 6.45) is 0.00411. The van der Waals surface area contributed by atoms with E-state index in [0.717, 1.165) is 0 Å². The number of halogens is 5. The number of rotatable bonds is 5. The van der Waals surface area contributed by atoms with Gasteiger partial charge in [0, 0.05) is 22.7 Å². The van der Waals surface area contributed by atoms with Crippen molar-refractivity contribution in [2.75, 3.05) is 11.8 Å². The quantitative estimate of drug-likeness (QED) is 0.671. The second kappa shape index (κ2) is 6.71. The molecule has 5 heteroatoms. The fourth-order valence-corrected chi connectivity index (χ4v) is 3.01. The molecule has 0 nitrogen and oxygen atoms in total. The van der Waals surface area contributed by atoms with E-state index >= 15 is 0 Å². The van der Waals surface area contributed by atoms with E-state index in [1.807, 2.05) is 0 Å². The molecule has 0 saturated carbocycles. The highest BCUT2D eigenvalue weighted by molar-refractivity contribution is 6.22. The van der Waals surface area contributed by atoms with Crippen LogP contribution in [0.4, 0.5) is 13.2 Å². The maximum atomic E-state index is 13.8. The van der Waals surface area contributed by atoms with Crippen molar-refractivity contribution in [2.45, 2.75) is 11.8 Å². The second-order valence-electron chi connectivity index (χ2n) is 4.93. The minimum Gasteiger partial charge on any atom is -0.207 e. The monoisotopic (exact) mass is 332 g/mol. The average molecular weight is 333 g/mol. The zero-order chi connectivity index (χ0) is 15.5. The minimum atomic E-state index is -0.861. The molecule has 0 fully saturated rings. The molecule has 21 heavy (non-hydrogen) atoms. The molecule has 0 unspecified atom stereocenters. The van der Waals surface area contributed by atoms with Crippen LogP contribution in [-0.4, -0.2) is 11.8 Å². The van der Waals surface area contributed by atoms with E-state index in [2.05, 4.69) is 0 Å². The van der Waals surface area contributed by atoms with Crippen LogP contribution in [0.5, 0.6) is 0 Å². The fourth-order valence-electron chi connectivity index (χ4n) is 2.23. The van der Waals surface area contributed by atoms with Crippen molar-refractivity contribution < 1.29 is 13.2 Å². The molecule has 0 aliphatic heterocycles. The van der Waals surface area contributed by atoms with Gasteiger partial charge in [-0.1, -0.05) is 18.2 Å². The lowest BCUT2D eigenvalue weighted by Crippen LogP contribution is -2.34. The number of alkyl halides is 2. The predicted octanol–water partition coefficient (Wildman–Crippen LogP) is 5.06. The highest BCUT2D eigenvalue weighted by Crippen LogP contribution is 2.33. The third kappa shape index (κ3) is 3.35. The zero-order valence-corrected chi connectivity index (χ0v) is 12.6. The van der Waals surface area contributed by atoms with Crippen LogP contribution in [0.25, 0.3) is 0 Å². The summed E-state index contributed by atoms with van der Waals surface area (Å²) in [5.74, 6) is -1.55. The van der Waals surface area contributed by atoms with Crippen LogP contribution in [0, 0.1) is 17.5 Å². The summed E-state index contributed by atoms with van der Waals surface area (Å²) in [4.78, 5) is 0. The Morgan fingerprint density at radius 1 is 0.810 bits per heavy atom. The van der Waals surface area contributed by atoms with E-state index in [1.165, 1.54) is 30.3 Å². The van der Waals surface area contributed by atoms with Crippen LogP contribution < -0.4 is 0 Å². The molecule has 0 aliphatic carbocycles. The van der Waals surface area contributed by atoms with E-state index in [1.54, 1.807) is 12.1 Å². The standard InChI is InChI=1S/C16H13Cl2F3/c17-9-16(10-18,11-4-6-12(19)7-5-11)8-13-14(20)2-1-3-15(13)21/h1-7H,8-10H2. The van der Waals surface area contributed by atoms with Gasteiger partial charge >= 0.3 is 0 Å². The number of hydrogen-bond acceptors (Lipinski definition) is 0. The minimum absolute atomic E-state index is 0.00411. The van der Waals surface area contributed by atoms with E-state index in [-0.39, 0.29) is 23.7 Å². The van der Waals surface area contributed by atoms with Crippen LogP contribution in [0.15, 0.2) is 42.5 Å². The fraction of sp³-hybridized carbons (Fsp3) is 0.250. The van der Waals surface area contributed by atoms with E-state index in [0.29, 0.717) is 5.56 Å². The van der Waals surface area contributed by atoms with Crippen molar-refractivity contribution in [1.82, 2.24) is 0 Å². The van der Waals surface area contributed by atoms with Gasteiger partial charge in [-0.05, 0) is 36.2 Å². The Bertz CT molecular complexity index is 587. The first-order valence-electron chi connectivity index (χ1n) is 6.33. The molecule has 0 aromatic heterocycles. The van der Waals surface area contributed by atoms with Gasteiger partial charge in [0.1, 0.15) is 17.5 Å². The van der Waals surface area contributed by atoms with E-state index in [4.69, 9.17) is 23.2 Å². The van der Waals surface area contributed by atoms with Crippen LogP contribution in [0.1, 0.15) is 11.1 Å². The van der Waals surface area contributed by atoms with Crippen molar-refractivity contribution in [2.24, 2.45) is 0 Å². The second-order valence-corrected chi connectivity index (χ2v) is 5.47. The maximum absolute atomic E-state index is 13.8. The Kier molecular flexibility index (Phi) is 5.17. The first-order valence-corrected chi connectivity index (χ1v) is 7.40. The summed E-state index contributed by atoms with van der Waals surface area (Å²) in [6.45, 7) is 0. The van der Waals surface area contributed by atoms with Crippen LogP contribution in [-0.2, 0) is 11.8 Å². The number of hydrogen-bond donors (Lipinski definition) is 0. The summed E-state index contributed by atoms with van der Waals surface area (Å²) in [5, 5.41) is 0. The van der Waals surface area contributed by atoms with Crippen molar-refractivity contribution >= 4 is 23.2 Å². The highest BCUT2D eigenvalue weighted by atomic mass is 35.5. The lowest BCUT2D eigenvalue weighted by molar-refractivity contribution is 0.482. The van der Waals surface area contributed by atoms with Crippen molar-refractivity contribution in [3.8, 4) is 0 Å². The van der Waals surface area contributed by atoms with Crippen LogP contribution >= 0.6 is 23.2 Å². The lowest BCUT2D eigenvalue weighted by atomic mass is 9.78. The summed E-state index contributed by atoms with van der Waals surface area (Å²) in [5.41, 5.74) is -0.278. The van der Waals surface area contributed by atoms with E-state index < -0.39 is 22.9 Å². The van der Waals surface area contributed by atoms with Gasteiger partial charge in [0.2, 0.25) is 0 Å². The molecular weight excluding hydrogens is 320 g/mol. The van der Waals surface area contributed by atoms with Gasteiger partial charge < -0.3 is 0 Å². The molecule has 0 N–H and O–H groups in total. The molecule has 2 rings (SSSR count). The van der Waals surface area contributed by atoms with Crippen LogP contribution in [0.2, 0.25) is 0 Å². The topological polar surface area (TPSA) is 0 Å². The summed E-state index contributed by atoms with van der Waals surface area (Å²) < 4.78 is 40.7. The number of benzene rings is 2. The van der Waals surface area contributed by atoms with Gasteiger partial charge in [0.25, 0.3) is 0 Å². The average Bonchev–Trinajstić information content (AvgIpc) is 2.49. The van der Waals surface area contributed by atoms with Crippen molar-refractivity contribution in [3.05, 3.63) is 71.0 Å². The Labute approximate surface area is 131 Å². The first-order chi connectivity index (χ1) is 10.0. The molecule has 0 amide bonds. The Morgan fingerprint density at radius 2 is 1.33 bits per heavy atom. The van der Waals surface area contributed by atoms with Crippen molar-refractivity contribution in [3.63, 3.8) is 0 Å². The van der Waals surface area contributed by atoms with Gasteiger partial charge in [-0.3, -0.25) is 0 Å². The normalized spacial score (nSPS) is 11.7. The summed E-state index contributed by atoms with van der Waals surface area (Å²) in [7, 11) is 0. The lowest BCUT2D eigenvalue weighted by Gasteiger charge is -2.30. The third-order valence-corrected chi connectivity index (χ3v) is 4.57. The predicted molar refractivity (Wildman–Crippen MR) is 79.6 cm³/mol.